The van der Waals surface area contributed by atoms with Crippen molar-refractivity contribution >= 4 is 52.2 Å². The van der Waals surface area contributed by atoms with Crippen LogP contribution in [0.25, 0.3) is 0 Å². The molecule has 2 aromatic carbocycles. The highest BCUT2D eigenvalue weighted by molar-refractivity contribution is 6.36. The molecule has 2 heterocycles. The van der Waals surface area contributed by atoms with E-state index in [1.165, 1.54) is 4.68 Å². The fourth-order valence-corrected chi connectivity index (χ4v) is 4.39. The minimum atomic E-state index is -0.444. The number of nitrogens with one attached hydrogen (secondary N) is 1. The summed E-state index contributed by atoms with van der Waals surface area (Å²) in [6.45, 7) is 3.78. The minimum Gasteiger partial charge on any atom is -0.304 e. The monoisotopic (exact) mass is 532 g/mol. The van der Waals surface area contributed by atoms with Crippen LogP contribution < -0.4 is 5.32 Å². The zero-order valence-electron chi connectivity index (χ0n) is 18.6. The van der Waals surface area contributed by atoms with Crippen LogP contribution in [0.3, 0.4) is 0 Å². The average Bonchev–Trinajstić information content (AvgIpc) is 3.28. The Morgan fingerprint density at radius 2 is 1.71 bits per heavy atom. The highest BCUT2D eigenvalue weighted by Gasteiger charge is 2.22. The molecule has 0 aliphatic carbocycles. The van der Waals surface area contributed by atoms with Crippen molar-refractivity contribution in [3.63, 3.8) is 0 Å². The number of halogens is 3. The number of aromatic nitrogens is 4. The van der Waals surface area contributed by atoms with Crippen LogP contribution in [0.2, 0.25) is 15.1 Å². The van der Waals surface area contributed by atoms with Gasteiger partial charge in [-0.2, -0.15) is 10.2 Å². The quantitative estimate of drug-likeness (QED) is 0.234. The Morgan fingerprint density at radius 3 is 2.37 bits per heavy atom. The zero-order valence-corrected chi connectivity index (χ0v) is 20.9. The number of rotatable bonds is 7. The van der Waals surface area contributed by atoms with E-state index in [0.29, 0.717) is 32.6 Å². The topological polar surface area (TPSA) is 108 Å². The Morgan fingerprint density at radius 1 is 1.03 bits per heavy atom. The summed E-state index contributed by atoms with van der Waals surface area (Å²) in [4.78, 5) is 23.7. The van der Waals surface area contributed by atoms with Gasteiger partial charge in [0.25, 0.3) is 5.91 Å². The summed E-state index contributed by atoms with van der Waals surface area (Å²) in [5.41, 5.74) is 2.58. The van der Waals surface area contributed by atoms with Gasteiger partial charge in [-0.3, -0.25) is 24.3 Å². The number of nitrogens with zero attached hydrogens (tertiary/aromatic N) is 5. The minimum absolute atomic E-state index is 0.0118. The fourth-order valence-electron chi connectivity index (χ4n) is 3.68. The molecule has 4 rings (SSSR count). The Kier molecular flexibility index (Phi) is 7.11. The first kappa shape index (κ1) is 24.7. The van der Waals surface area contributed by atoms with Gasteiger partial charge in [0.05, 0.1) is 18.0 Å². The first-order valence-electron chi connectivity index (χ1n) is 10.4. The largest absolute Gasteiger partial charge is 0.312 e. The molecule has 0 atom stereocenters. The SMILES string of the molecule is Cc1nn(Cc2cccc(C(=O)Nc3nn(Cc4c(Cl)cccc4Cl)cc3Cl)c2)c(C)c1[N+](=O)[O-]. The third-order valence-electron chi connectivity index (χ3n) is 5.38. The summed E-state index contributed by atoms with van der Waals surface area (Å²) in [6.07, 6.45) is 1.57. The van der Waals surface area contributed by atoms with E-state index in [0.717, 1.165) is 5.56 Å². The van der Waals surface area contributed by atoms with Gasteiger partial charge in [0, 0.05) is 27.4 Å². The van der Waals surface area contributed by atoms with E-state index >= 15 is 0 Å². The number of aryl methyl sites for hydroxylation is 1. The van der Waals surface area contributed by atoms with E-state index in [2.05, 4.69) is 15.5 Å². The molecule has 0 spiro atoms. The van der Waals surface area contributed by atoms with Crippen molar-refractivity contribution in [3.05, 3.63) is 102 Å². The van der Waals surface area contributed by atoms with Crippen LogP contribution in [0.4, 0.5) is 11.5 Å². The number of benzene rings is 2. The average molecular weight is 534 g/mol. The molecule has 12 heteroatoms. The highest BCUT2D eigenvalue weighted by atomic mass is 35.5. The second-order valence-corrected chi connectivity index (χ2v) is 9.03. The molecule has 0 unspecified atom stereocenters. The third-order valence-corrected chi connectivity index (χ3v) is 6.36. The van der Waals surface area contributed by atoms with Crippen LogP contribution in [-0.4, -0.2) is 30.4 Å². The molecule has 0 bridgehead atoms. The van der Waals surface area contributed by atoms with Gasteiger partial charge in [-0.05, 0) is 43.7 Å². The van der Waals surface area contributed by atoms with E-state index < -0.39 is 10.8 Å². The fraction of sp³-hybridized carbons (Fsp3) is 0.174. The molecule has 1 N–H and O–H groups in total. The molecule has 2 aromatic heterocycles. The van der Waals surface area contributed by atoms with Crippen molar-refractivity contribution < 1.29 is 9.72 Å². The molecule has 0 radical (unpaired) electrons. The van der Waals surface area contributed by atoms with Crippen LogP contribution >= 0.6 is 34.8 Å². The molecule has 0 saturated carbocycles. The van der Waals surface area contributed by atoms with Crippen molar-refractivity contribution in [2.45, 2.75) is 26.9 Å². The maximum atomic E-state index is 12.9. The van der Waals surface area contributed by atoms with Gasteiger partial charge in [0.15, 0.2) is 5.82 Å². The summed E-state index contributed by atoms with van der Waals surface area (Å²) in [5, 5.41) is 23.8. The second kappa shape index (κ2) is 10.1. The van der Waals surface area contributed by atoms with E-state index in [4.69, 9.17) is 34.8 Å². The van der Waals surface area contributed by atoms with Crippen molar-refractivity contribution in [3.8, 4) is 0 Å². The molecule has 0 aliphatic rings. The number of nitro groups is 1. The van der Waals surface area contributed by atoms with Gasteiger partial charge >= 0.3 is 5.69 Å². The molecular formula is C23H19Cl3N6O3. The predicted octanol–water partition coefficient (Wildman–Crippen LogP) is 5.91. The lowest BCUT2D eigenvalue weighted by Gasteiger charge is -2.08. The Balaban J connectivity index is 1.50. The summed E-state index contributed by atoms with van der Waals surface area (Å²) in [6, 6.07) is 12.1. The van der Waals surface area contributed by atoms with Gasteiger partial charge in [0.2, 0.25) is 0 Å². The summed E-state index contributed by atoms with van der Waals surface area (Å²) in [5.74, 6) is -0.214. The van der Waals surface area contributed by atoms with Gasteiger partial charge in [-0.25, -0.2) is 0 Å². The summed E-state index contributed by atoms with van der Waals surface area (Å²) >= 11 is 18.8. The van der Waals surface area contributed by atoms with Gasteiger partial charge in [-0.1, -0.05) is 53.0 Å². The van der Waals surface area contributed by atoms with Crippen LogP contribution in [0, 0.1) is 24.0 Å². The van der Waals surface area contributed by atoms with E-state index in [1.54, 1.807) is 61.1 Å². The maximum absolute atomic E-state index is 12.9. The first-order valence-corrected chi connectivity index (χ1v) is 11.5. The van der Waals surface area contributed by atoms with Crippen LogP contribution in [-0.2, 0) is 13.1 Å². The Labute approximate surface area is 215 Å². The molecular weight excluding hydrogens is 515 g/mol. The summed E-state index contributed by atoms with van der Waals surface area (Å²) < 4.78 is 3.08. The van der Waals surface area contributed by atoms with Crippen molar-refractivity contribution in [1.82, 2.24) is 19.6 Å². The first-order chi connectivity index (χ1) is 16.6. The lowest BCUT2D eigenvalue weighted by Crippen LogP contribution is -2.14. The molecule has 1 amide bonds. The van der Waals surface area contributed by atoms with E-state index in [-0.39, 0.29) is 29.6 Å². The number of hydrogen-bond donors (Lipinski definition) is 1. The predicted molar refractivity (Wildman–Crippen MR) is 135 cm³/mol. The van der Waals surface area contributed by atoms with E-state index in [1.807, 2.05) is 6.07 Å². The van der Waals surface area contributed by atoms with E-state index in [9.17, 15) is 14.9 Å². The molecule has 180 valence electrons. The normalized spacial score (nSPS) is 11.0. The third kappa shape index (κ3) is 5.32. The molecule has 0 fully saturated rings. The zero-order chi connectivity index (χ0) is 25.3. The molecule has 0 saturated heterocycles. The van der Waals surface area contributed by atoms with Gasteiger partial charge in [-0.15, -0.1) is 0 Å². The molecule has 35 heavy (non-hydrogen) atoms. The number of carbonyl (C=O) groups excluding carboxylic acids is 1. The lowest BCUT2D eigenvalue weighted by molar-refractivity contribution is -0.386. The number of carbonyl (C=O) groups is 1. The standard InChI is InChI=1S/C23H19Cl3N6O3/c1-13-21(32(34)35)14(2)31(28-13)10-15-5-3-6-16(9-15)23(33)27-22-20(26)12-30(29-22)11-17-18(24)7-4-8-19(17)25/h3-9,12H,10-11H2,1-2H3,(H,27,29,33). The number of anilines is 1. The van der Waals surface area contributed by atoms with Crippen molar-refractivity contribution in [2.75, 3.05) is 5.32 Å². The Hall–Kier alpha value is -3.40. The molecule has 9 nitrogen and oxygen atoms in total. The van der Waals surface area contributed by atoms with Gasteiger partial charge < -0.3 is 5.32 Å². The molecule has 4 aromatic rings. The highest BCUT2D eigenvalue weighted by Crippen LogP contribution is 2.27. The second-order valence-electron chi connectivity index (χ2n) is 7.81. The smallest absolute Gasteiger partial charge is 0.304 e. The maximum Gasteiger partial charge on any atom is 0.312 e. The van der Waals surface area contributed by atoms with Crippen LogP contribution in [0.5, 0.6) is 0 Å². The Bertz CT molecular complexity index is 1430. The van der Waals surface area contributed by atoms with Crippen molar-refractivity contribution in [1.29, 1.82) is 0 Å². The molecule has 0 aliphatic heterocycles. The summed E-state index contributed by atoms with van der Waals surface area (Å²) in [7, 11) is 0. The van der Waals surface area contributed by atoms with Crippen molar-refractivity contribution in [2.24, 2.45) is 0 Å². The number of hydrogen-bond acceptors (Lipinski definition) is 5. The van der Waals surface area contributed by atoms with Crippen LogP contribution in [0.1, 0.15) is 32.9 Å². The number of amides is 1. The van der Waals surface area contributed by atoms with Crippen LogP contribution in [0.15, 0.2) is 48.7 Å². The van der Waals surface area contributed by atoms with Gasteiger partial charge in [0.1, 0.15) is 16.4 Å². The lowest BCUT2D eigenvalue weighted by atomic mass is 10.1.